The number of H-pyrrole nitrogens is 1. The number of aromatic amines is 1. The van der Waals surface area contributed by atoms with E-state index in [1.54, 1.807) is 26.0 Å². The lowest BCUT2D eigenvalue weighted by Gasteiger charge is -2.29. The molecule has 168 valence electrons. The fourth-order valence-electron chi connectivity index (χ4n) is 4.25. The lowest BCUT2D eigenvalue weighted by atomic mass is 9.82. The maximum Gasteiger partial charge on any atom is 0.341 e. The van der Waals surface area contributed by atoms with E-state index in [-0.39, 0.29) is 30.3 Å². The number of fused-ring (bicyclic) bond motifs is 3. The van der Waals surface area contributed by atoms with Gasteiger partial charge in [0, 0.05) is 29.1 Å². The Kier molecular flexibility index (Phi) is 5.50. The van der Waals surface area contributed by atoms with Crippen molar-refractivity contribution in [2.45, 2.75) is 33.1 Å². The summed E-state index contributed by atoms with van der Waals surface area (Å²) >= 11 is 0. The van der Waals surface area contributed by atoms with Gasteiger partial charge in [0.2, 0.25) is 0 Å². The summed E-state index contributed by atoms with van der Waals surface area (Å²) in [7, 11) is 0. The molecule has 0 atom stereocenters. The minimum atomic E-state index is -0.598. The highest BCUT2D eigenvalue weighted by Gasteiger charge is 2.37. The molecule has 4 rings (SSSR count). The van der Waals surface area contributed by atoms with Crippen molar-refractivity contribution in [3.63, 3.8) is 0 Å². The van der Waals surface area contributed by atoms with E-state index in [9.17, 15) is 19.2 Å². The van der Waals surface area contributed by atoms with Crippen LogP contribution in [0.2, 0.25) is 0 Å². The second-order valence-corrected chi connectivity index (χ2v) is 8.62. The number of nitriles is 1. The van der Waals surface area contributed by atoms with Gasteiger partial charge >= 0.3 is 5.97 Å². The molecule has 0 unspecified atom stereocenters. The Hall–Kier alpha value is -3.99. The van der Waals surface area contributed by atoms with E-state index in [0.29, 0.717) is 22.5 Å². The van der Waals surface area contributed by atoms with Gasteiger partial charge in [-0.25, -0.2) is 14.2 Å². The molecular formula is C25H23FN4O3. The summed E-state index contributed by atoms with van der Waals surface area (Å²) in [5.74, 6) is -1.33. The molecule has 0 aliphatic carbocycles. The number of nitrogens with zero attached hydrogens (tertiary/aromatic N) is 3. The highest BCUT2D eigenvalue weighted by Crippen LogP contribution is 2.40. The van der Waals surface area contributed by atoms with Crippen LogP contribution in [-0.2, 0) is 14.9 Å². The zero-order valence-electron chi connectivity index (χ0n) is 18.8. The first-order valence-electron chi connectivity index (χ1n) is 10.6. The fourth-order valence-corrected chi connectivity index (χ4v) is 4.25. The van der Waals surface area contributed by atoms with Crippen LogP contribution in [0, 0.1) is 24.1 Å². The predicted octanol–water partition coefficient (Wildman–Crippen LogP) is 4.22. The number of carbonyl (C=O) groups is 2. The first kappa shape index (κ1) is 22.2. The number of aryl methyl sites for hydroxylation is 1. The van der Waals surface area contributed by atoms with Crippen LogP contribution in [0.5, 0.6) is 0 Å². The molecule has 1 aromatic carbocycles. The Balaban J connectivity index is 1.91. The number of esters is 1. The van der Waals surface area contributed by atoms with Crippen LogP contribution in [0.4, 0.5) is 4.39 Å². The zero-order chi connectivity index (χ0) is 23.9. The molecule has 0 fully saturated rings. The Bertz CT molecular complexity index is 1360. The number of nitrogens with one attached hydrogen (secondary N) is 1. The van der Waals surface area contributed by atoms with Crippen LogP contribution in [-0.4, -0.2) is 39.9 Å². The van der Waals surface area contributed by atoms with Crippen molar-refractivity contribution < 1.29 is 18.7 Å². The van der Waals surface area contributed by atoms with Crippen LogP contribution >= 0.6 is 0 Å². The molecule has 0 saturated heterocycles. The van der Waals surface area contributed by atoms with Crippen molar-refractivity contribution >= 4 is 28.5 Å². The highest BCUT2D eigenvalue weighted by atomic mass is 19.1. The second-order valence-electron chi connectivity index (χ2n) is 8.62. The summed E-state index contributed by atoms with van der Waals surface area (Å²) in [5.41, 5.74) is 2.30. The number of rotatable bonds is 3. The summed E-state index contributed by atoms with van der Waals surface area (Å²) in [4.78, 5) is 35.3. The molecule has 8 heteroatoms. The molecule has 0 spiro atoms. The third kappa shape index (κ3) is 3.87. The first-order valence-corrected chi connectivity index (χ1v) is 10.6. The number of hydrogen-bond donors (Lipinski definition) is 1. The third-order valence-corrected chi connectivity index (χ3v) is 5.73. The van der Waals surface area contributed by atoms with E-state index >= 15 is 0 Å². The lowest BCUT2D eigenvalue weighted by Crippen LogP contribution is -2.37. The van der Waals surface area contributed by atoms with Crippen molar-refractivity contribution in [1.82, 2.24) is 14.9 Å². The van der Waals surface area contributed by atoms with Crippen LogP contribution in [0.25, 0.3) is 16.6 Å². The molecule has 1 N–H and O–H groups in total. The molecule has 1 aliphatic heterocycles. The molecule has 0 radical (unpaired) electrons. The van der Waals surface area contributed by atoms with Crippen LogP contribution < -0.4 is 0 Å². The summed E-state index contributed by atoms with van der Waals surface area (Å²) in [5, 5.41) is 9.98. The maximum absolute atomic E-state index is 13.8. The molecule has 7 nitrogen and oxygen atoms in total. The van der Waals surface area contributed by atoms with Gasteiger partial charge in [0.1, 0.15) is 23.2 Å². The van der Waals surface area contributed by atoms with Gasteiger partial charge in [0.15, 0.2) is 0 Å². The molecule has 1 amide bonds. The maximum atomic E-state index is 13.8. The SMILES string of the molecule is CCOC(=O)C1=CN(C(=O)c2ccc(F)c(C)c2)CC(C)(C)c2c1[nH]c1nc(C#N)ccc21. The minimum Gasteiger partial charge on any atom is -0.462 e. The minimum absolute atomic E-state index is 0.164. The number of carbonyl (C=O) groups excluding carboxylic acids is 2. The molecular weight excluding hydrogens is 423 g/mol. The Morgan fingerprint density at radius 3 is 2.73 bits per heavy atom. The number of pyridine rings is 1. The van der Waals surface area contributed by atoms with Crippen molar-refractivity contribution in [3.05, 3.63) is 70.4 Å². The smallest absolute Gasteiger partial charge is 0.341 e. The number of aromatic nitrogens is 2. The summed E-state index contributed by atoms with van der Waals surface area (Å²) in [6, 6.07) is 9.62. The van der Waals surface area contributed by atoms with Gasteiger partial charge in [-0.05, 0) is 55.3 Å². The molecule has 33 heavy (non-hydrogen) atoms. The average Bonchev–Trinajstić information content (AvgIpc) is 3.11. The van der Waals surface area contributed by atoms with E-state index < -0.39 is 17.2 Å². The van der Waals surface area contributed by atoms with E-state index in [0.717, 1.165) is 10.9 Å². The van der Waals surface area contributed by atoms with Crippen molar-refractivity contribution in [2.24, 2.45) is 0 Å². The normalized spacial score (nSPS) is 14.8. The Morgan fingerprint density at radius 1 is 1.30 bits per heavy atom. The largest absolute Gasteiger partial charge is 0.462 e. The molecule has 0 bridgehead atoms. The zero-order valence-corrected chi connectivity index (χ0v) is 18.8. The molecule has 0 saturated carbocycles. The van der Waals surface area contributed by atoms with Crippen molar-refractivity contribution in [2.75, 3.05) is 13.2 Å². The average molecular weight is 446 g/mol. The number of amides is 1. The fraction of sp³-hybridized carbons (Fsp3) is 0.280. The second kappa shape index (κ2) is 8.17. The van der Waals surface area contributed by atoms with Gasteiger partial charge < -0.3 is 14.6 Å². The van der Waals surface area contributed by atoms with E-state index in [4.69, 9.17) is 4.74 Å². The van der Waals surface area contributed by atoms with Gasteiger partial charge in [-0.2, -0.15) is 5.26 Å². The summed E-state index contributed by atoms with van der Waals surface area (Å²) < 4.78 is 19.0. The number of benzene rings is 1. The lowest BCUT2D eigenvalue weighted by molar-refractivity contribution is -0.136. The molecule has 2 aromatic heterocycles. The topological polar surface area (TPSA) is 99.1 Å². The van der Waals surface area contributed by atoms with Crippen LogP contribution in [0.1, 0.15) is 53.6 Å². The summed E-state index contributed by atoms with van der Waals surface area (Å²) in [6.07, 6.45) is 1.48. The van der Waals surface area contributed by atoms with Gasteiger partial charge in [-0.15, -0.1) is 0 Å². The standard InChI is InChI=1S/C25H23FN4O3/c1-5-33-24(32)18-12-30(23(31)15-6-9-19(26)14(2)10-15)13-25(3,4)20-17-8-7-16(11-27)28-22(17)29-21(18)20/h6-10,12H,5,13H2,1-4H3,(H,28,29). The highest BCUT2D eigenvalue weighted by molar-refractivity contribution is 6.18. The Morgan fingerprint density at radius 2 is 2.06 bits per heavy atom. The number of hydrogen-bond acceptors (Lipinski definition) is 5. The predicted molar refractivity (Wildman–Crippen MR) is 121 cm³/mol. The Labute approximate surface area is 190 Å². The number of ether oxygens (including phenoxy) is 1. The first-order chi connectivity index (χ1) is 15.7. The quantitative estimate of drug-likeness (QED) is 0.608. The van der Waals surface area contributed by atoms with Crippen LogP contribution in [0.15, 0.2) is 36.5 Å². The monoisotopic (exact) mass is 446 g/mol. The van der Waals surface area contributed by atoms with Gasteiger partial charge in [-0.1, -0.05) is 13.8 Å². The van der Waals surface area contributed by atoms with Gasteiger partial charge in [0.25, 0.3) is 5.91 Å². The van der Waals surface area contributed by atoms with Crippen molar-refractivity contribution in [1.29, 1.82) is 5.26 Å². The van der Waals surface area contributed by atoms with Crippen molar-refractivity contribution in [3.8, 4) is 6.07 Å². The third-order valence-electron chi connectivity index (χ3n) is 5.73. The molecule has 3 aromatic rings. The van der Waals surface area contributed by atoms with Crippen LogP contribution in [0.3, 0.4) is 0 Å². The van der Waals surface area contributed by atoms with Gasteiger partial charge in [0.05, 0.1) is 17.9 Å². The summed E-state index contributed by atoms with van der Waals surface area (Å²) in [6.45, 7) is 7.65. The number of halogens is 1. The van der Waals surface area contributed by atoms with Gasteiger partial charge in [-0.3, -0.25) is 4.79 Å². The van der Waals surface area contributed by atoms with E-state index in [1.807, 2.05) is 19.9 Å². The van der Waals surface area contributed by atoms with E-state index in [1.165, 1.54) is 29.3 Å². The van der Waals surface area contributed by atoms with E-state index in [2.05, 4.69) is 9.97 Å². The molecule has 3 heterocycles. The molecule has 1 aliphatic rings.